The molecule has 0 aromatic heterocycles. The number of nitrogens with zero attached hydrogens (tertiary/aromatic N) is 1. The summed E-state index contributed by atoms with van der Waals surface area (Å²) >= 11 is 0. The number of fused-ring (bicyclic) bond motifs is 1. The smallest absolute Gasteiger partial charge is 0.232 e. The lowest BCUT2D eigenvalue weighted by molar-refractivity contribution is 0.592. The van der Waals surface area contributed by atoms with E-state index in [1.54, 1.807) is 0 Å². The minimum absolute atomic E-state index is 0.0195. The van der Waals surface area contributed by atoms with E-state index in [1.807, 2.05) is 25.1 Å². The number of hydrogen-bond acceptors (Lipinski definition) is 3. The highest BCUT2D eigenvalue weighted by atomic mass is 32.2. The van der Waals surface area contributed by atoms with Gasteiger partial charge in [-0.1, -0.05) is 12.1 Å². The van der Waals surface area contributed by atoms with E-state index in [1.165, 1.54) is 10.6 Å². The molecule has 1 aliphatic rings. The van der Waals surface area contributed by atoms with Crippen molar-refractivity contribution in [3.8, 4) is 0 Å². The Bertz CT molecular complexity index is 523. The zero-order chi connectivity index (χ0) is 12.6. The molecule has 0 bridgehead atoms. The van der Waals surface area contributed by atoms with E-state index in [0.29, 0.717) is 6.54 Å². The van der Waals surface area contributed by atoms with E-state index < -0.39 is 10.0 Å². The average Bonchev–Trinajstić information content (AvgIpc) is 2.26. The minimum atomic E-state index is -3.17. The Morgan fingerprint density at radius 3 is 2.71 bits per heavy atom. The van der Waals surface area contributed by atoms with Gasteiger partial charge in [-0.2, -0.15) is 0 Å². The van der Waals surface area contributed by atoms with Gasteiger partial charge in [0.25, 0.3) is 0 Å². The predicted molar refractivity (Wildman–Crippen MR) is 69.6 cm³/mol. The Hall–Kier alpha value is -1.07. The zero-order valence-corrected chi connectivity index (χ0v) is 11.0. The van der Waals surface area contributed by atoms with Gasteiger partial charge in [0.15, 0.2) is 0 Å². The molecule has 0 spiro atoms. The van der Waals surface area contributed by atoms with E-state index >= 15 is 0 Å². The van der Waals surface area contributed by atoms with Gasteiger partial charge in [0.05, 0.1) is 11.9 Å². The van der Waals surface area contributed by atoms with E-state index in [-0.39, 0.29) is 6.04 Å². The van der Waals surface area contributed by atoms with Gasteiger partial charge in [0.2, 0.25) is 10.0 Å². The standard InChI is InChI=1S/C12H18N2O2S/c1-9(13)10-5-6-12-11(8-10)4-3-7-14(12)17(2,15)16/h5-6,8-9H,3-4,7,13H2,1-2H3. The van der Waals surface area contributed by atoms with Gasteiger partial charge in [0, 0.05) is 12.6 Å². The first-order valence-electron chi connectivity index (χ1n) is 5.75. The molecule has 1 aromatic rings. The minimum Gasteiger partial charge on any atom is -0.324 e. The van der Waals surface area contributed by atoms with Gasteiger partial charge >= 0.3 is 0 Å². The van der Waals surface area contributed by atoms with Crippen molar-refractivity contribution in [1.82, 2.24) is 0 Å². The molecule has 1 unspecified atom stereocenters. The second-order valence-corrected chi connectivity index (χ2v) is 6.52. The highest BCUT2D eigenvalue weighted by Crippen LogP contribution is 2.30. The molecule has 5 heteroatoms. The number of benzene rings is 1. The summed E-state index contributed by atoms with van der Waals surface area (Å²) in [6.07, 6.45) is 3.03. The molecule has 17 heavy (non-hydrogen) atoms. The molecule has 1 heterocycles. The summed E-state index contributed by atoms with van der Waals surface area (Å²) in [5, 5.41) is 0. The summed E-state index contributed by atoms with van der Waals surface area (Å²) in [4.78, 5) is 0. The van der Waals surface area contributed by atoms with Crippen LogP contribution in [0.3, 0.4) is 0 Å². The van der Waals surface area contributed by atoms with Crippen molar-refractivity contribution < 1.29 is 8.42 Å². The Morgan fingerprint density at radius 1 is 1.41 bits per heavy atom. The molecule has 1 aromatic carbocycles. The molecule has 1 atom stereocenters. The van der Waals surface area contributed by atoms with Gasteiger partial charge in [-0.3, -0.25) is 4.31 Å². The Labute approximate surface area is 102 Å². The van der Waals surface area contributed by atoms with Crippen LogP contribution in [0.5, 0.6) is 0 Å². The van der Waals surface area contributed by atoms with Gasteiger partial charge in [0.1, 0.15) is 0 Å². The fraction of sp³-hybridized carbons (Fsp3) is 0.500. The largest absolute Gasteiger partial charge is 0.324 e. The van der Waals surface area contributed by atoms with Crippen molar-refractivity contribution in [2.24, 2.45) is 5.73 Å². The topological polar surface area (TPSA) is 63.4 Å². The summed E-state index contributed by atoms with van der Waals surface area (Å²) in [7, 11) is -3.17. The highest BCUT2D eigenvalue weighted by Gasteiger charge is 2.24. The van der Waals surface area contributed by atoms with Crippen LogP contribution in [0.15, 0.2) is 18.2 Å². The van der Waals surface area contributed by atoms with Gasteiger partial charge in [-0.15, -0.1) is 0 Å². The molecule has 4 nitrogen and oxygen atoms in total. The van der Waals surface area contributed by atoms with Gasteiger partial charge in [-0.25, -0.2) is 8.42 Å². The van der Waals surface area contributed by atoms with Crippen molar-refractivity contribution >= 4 is 15.7 Å². The van der Waals surface area contributed by atoms with Crippen LogP contribution in [0.4, 0.5) is 5.69 Å². The van der Waals surface area contributed by atoms with E-state index in [4.69, 9.17) is 5.73 Å². The summed E-state index contributed by atoms with van der Waals surface area (Å²) < 4.78 is 24.8. The molecule has 0 fully saturated rings. The Kier molecular flexibility index (Phi) is 3.14. The van der Waals surface area contributed by atoms with E-state index in [9.17, 15) is 8.42 Å². The highest BCUT2D eigenvalue weighted by molar-refractivity contribution is 7.92. The molecule has 0 saturated carbocycles. The fourth-order valence-electron chi connectivity index (χ4n) is 2.21. The molecular formula is C12H18N2O2S. The zero-order valence-electron chi connectivity index (χ0n) is 10.2. The van der Waals surface area contributed by atoms with Crippen molar-refractivity contribution in [1.29, 1.82) is 0 Å². The number of nitrogens with two attached hydrogens (primary N) is 1. The lowest BCUT2D eigenvalue weighted by Gasteiger charge is -2.29. The van der Waals surface area contributed by atoms with Crippen LogP contribution in [0.2, 0.25) is 0 Å². The summed E-state index contributed by atoms with van der Waals surface area (Å²) in [5.41, 5.74) is 8.78. The Balaban J connectivity index is 2.47. The molecule has 0 amide bonds. The molecule has 94 valence electrons. The summed E-state index contributed by atoms with van der Waals surface area (Å²) in [6, 6.07) is 5.78. The molecule has 1 aliphatic heterocycles. The molecule has 0 saturated heterocycles. The third kappa shape index (κ3) is 2.45. The second kappa shape index (κ2) is 4.31. The van der Waals surface area contributed by atoms with Crippen LogP contribution in [-0.2, 0) is 16.4 Å². The maximum absolute atomic E-state index is 11.7. The number of anilines is 1. The lowest BCUT2D eigenvalue weighted by Crippen LogP contribution is -2.34. The van der Waals surface area contributed by atoms with Crippen LogP contribution in [-0.4, -0.2) is 21.2 Å². The Morgan fingerprint density at radius 2 is 2.12 bits per heavy atom. The lowest BCUT2D eigenvalue weighted by atomic mass is 9.98. The van der Waals surface area contributed by atoms with Crippen molar-refractivity contribution in [3.05, 3.63) is 29.3 Å². The number of aryl methyl sites for hydroxylation is 1. The van der Waals surface area contributed by atoms with Crippen LogP contribution in [0.25, 0.3) is 0 Å². The third-order valence-electron chi connectivity index (χ3n) is 3.11. The SMILES string of the molecule is CC(N)c1ccc2c(c1)CCCN2S(C)(=O)=O. The number of hydrogen-bond donors (Lipinski definition) is 1. The second-order valence-electron chi connectivity index (χ2n) is 4.62. The van der Waals surface area contributed by atoms with Crippen molar-refractivity contribution in [2.45, 2.75) is 25.8 Å². The monoisotopic (exact) mass is 254 g/mol. The van der Waals surface area contributed by atoms with Crippen LogP contribution < -0.4 is 10.0 Å². The van der Waals surface area contributed by atoms with Crippen LogP contribution in [0, 0.1) is 0 Å². The first-order valence-corrected chi connectivity index (χ1v) is 7.60. The van der Waals surface area contributed by atoms with Gasteiger partial charge in [-0.05, 0) is 37.0 Å². The molecule has 2 rings (SSSR count). The molecular weight excluding hydrogens is 236 g/mol. The van der Waals surface area contributed by atoms with Crippen molar-refractivity contribution in [3.63, 3.8) is 0 Å². The molecule has 2 N–H and O–H groups in total. The van der Waals surface area contributed by atoms with Crippen LogP contribution in [0.1, 0.15) is 30.5 Å². The van der Waals surface area contributed by atoms with E-state index in [2.05, 4.69) is 0 Å². The van der Waals surface area contributed by atoms with E-state index in [0.717, 1.165) is 29.7 Å². The normalized spacial score (nSPS) is 17.7. The number of rotatable bonds is 2. The quantitative estimate of drug-likeness (QED) is 0.868. The fourth-order valence-corrected chi connectivity index (χ4v) is 3.21. The maximum atomic E-state index is 11.7. The summed E-state index contributed by atoms with van der Waals surface area (Å²) in [5.74, 6) is 0. The third-order valence-corrected chi connectivity index (χ3v) is 4.29. The van der Waals surface area contributed by atoms with Crippen LogP contribution >= 0.6 is 0 Å². The average molecular weight is 254 g/mol. The van der Waals surface area contributed by atoms with Gasteiger partial charge < -0.3 is 5.73 Å². The number of sulfonamides is 1. The predicted octanol–water partition coefficient (Wildman–Crippen LogP) is 1.42. The van der Waals surface area contributed by atoms with Crippen molar-refractivity contribution in [2.75, 3.05) is 17.1 Å². The molecule has 0 radical (unpaired) electrons. The summed E-state index contributed by atoms with van der Waals surface area (Å²) in [6.45, 7) is 2.50. The first kappa shape index (κ1) is 12.4. The first-order chi connectivity index (χ1) is 7.89. The maximum Gasteiger partial charge on any atom is 0.232 e. The molecule has 0 aliphatic carbocycles.